The summed E-state index contributed by atoms with van der Waals surface area (Å²) in [6, 6.07) is 2.96. The van der Waals surface area contributed by atoms with Crippen LogP contribution in [0.1, 0.15) is 18.4 Å². The van der Waals surface area contributed by atoms with E-state index in [1.807, 2.05) is 0 Å². The summed E-state index contributed by atoms with van der Waals surface area (Å²) in [5.41, 5.74) is 0.147. The molecule has 0 unspecified atom stereocenters. The number of alkyl halides is 4. The normalized spacial score (nSPS) is 18.3. The third kappa shape index (κ3) is 4.07. The van der Waals surface area contributed by atoms with Crippen LogP contribution in [-0.2, 0) is 16.6 Å². The Morgan fingerprint density at radius 1 is 1.32 bits per heavy atom. The van der Waals surface area contributed by atoms with Crippen LogP contribution in [0.3, 0.4) is 0 Å². The van der Waals surface area contributed by atoms with Crippen LogP contribution in [0.2, 0.25) is 0 Å². The molecule has 10 heteroatoms. The first-order valence-electron chi connectivity index (χ1n) is 6.19. The third-order valence-electron chi connectivity index (χ3n) is 3.18. The number of ether oxygens (including phenoxy) is 1. The van der Waals surface area contributed by atoms with Gasteiger partial charge in [0, 0.05) is 19.4 Å². The number of hydrogen-bond acceptors (Lipinski definition) is 3. The minimum atomic E-state index is -3.94. The quantitative estimate of drug-likeness (QED) is 0.807. The molecule has 2 rings (SSSR count). The fourth-order valence-electron chi connectivity index (χ4n) is 1.97. The molecule has 1 fully saturated rings. The highest BCUT2D eigenvalue weighted by molar-refractivity contribution is 7.90. The van der Waals surface area contributed by atoms with E-state index < -0.39 is 52.2 Å². The van der Waals surface area contributed by atoms with Crippen LogP contribution in [0.5, 0.6) is 5.75 Å². The molecule has 22 heavy (non-hydrogen) atoms. The fraction of sp³-hybridized carbons (Fsp3) is 0.500. The van der Waals surface area contributed by atoms with Gasteiger partial charge in [-0.1, -0.05) is 6.07 Å². The lowest BCUT2D eigenvalue weighted by atomic mass is 9.94. The van der Waals surface area contributed by atoms with Crippen LogP contribution in [0.4, 0.5) is 22.0 Å². The first-order chi connectivity index (χ1) is 10.1. The van der Waals surface area contributed by atoms with Crippen molar-refractivity contribution < 1.29 is 35.1 Å². The number of nitrogens with one attached hydrogen (secondary N) is 1. The van der Waals surface area contributed by atoms with E-state index in [0.717, 1.165) is 12.1 Å². The Balaban J connectivity index is 1.96. The van der Waals surface area contributed by atoms with Crippen molar-refractivity contribution in [3.05, 3.63) is 29.6 Å². The van der Waals surface area contributed by atoms with E-state index in [4.69, 9.17) is 0 Å². The van der Waals surface area contributed by atoms with Crippen molar-refractivity contribution in [1.29, 1.82) is 0 Å². The van der Waals surface area contributed by atoms with E-state index in [2.05, 4.69) is 9.46 Å². The van der Waals surface area contributed by atoms with Gasteiger partial charge in [0.15, 0.2) is 11.6 Å². The number of sulfonamides is 1. The van der Waals surface area contributed by atoms with Crippen LogP contribution in [0.25, 0.3) is 0 Å². The Hall–Kier alpha value is -1.42. The highest BCUT2D eigenvalue weighted by atomic mass is 32.2. The van der Waals surface area contributed by atoms with E-state index in [1.54, 1.807) is 0 Å². The minimum Gasteiger partial charge on any atom is -0.432 e. The van der Waals surface area contributed by atoms with E-state index >= 15 is 0 Å². The Labute approximate surface area is 123 Å². The second-order valence-corrected chi connectivity index (χ2v) is 6.94. The van der Waals surface area contributed by atoms with Crippen LogP contribution >= 0.6 is 0 Å². The van der Waals surface area contributed by atoms with Crippen LogP contribution in [0, 0.1) is 5.82 Å². The molecule has 1 saturated carbocycles. The Morgan fingerprint density at radius 3 is 2.45 bits per heavy atom. The van der Waals surface area contributed by atoms with Gasteiger partial charge >= 0.3 is 6.61 Å². The fourth-order valence-corrected chi connectivity index (χ4v) is 3.50. The lowest BCUT2D eigenvalue weighted by Crippen LogP contribution is -2.48. The van der Waals surface area contributed by atoms with Gasteiger partial charge in [0.2, 0.25) is 10.0 Å². The molecule has 1 aliphatic carbocycles. The van der Waals surface area contributed by atoms with Gasteiger partial charge in [-0.3, -0.25) is 0 Å². The van der Waals surface area contributed by atoms with Crippen molar-refractivity contribution in [1.82, 2.24) is 4.72 Å². The summed E-state index contributed by atoms with van der Waals surface area (Å²) in [7, 11) is -3.94. The molecular weight excluding hydrogens is 333 g/mol. The number of rotatable bonds is 6. The molecule has 1 aromatic rings. The summed E-state index contributed by atoms with van der Waals surface area (Å²) in [6.07, 6.45) is -1.50. The Bertz CT molecular complexity index is 642. The minimum absolute atomic E-state index is 0.147. The van der Waals surface area contributed by atoms with Crippen LogP contribution in [0.15, 0.2) is 18.2 Å². The van der Waals surface area contributed by atoms with Gasteiger partial charge in [0.1, 0.15) is 0 Å². The topological polar surface area (TPSA) is 55.4 Å². The Kier molecular flexibility index (Phi) is 4.62. The molecule has 1 N–H and O–H groups in total. The Morgan fingerprint density at radius 2 is 1.95 bits per heavy atom. The van der Waals surface area contributed by atoms with E-state index in [0.29, 0.717) is 0 Å². The van der Waals surface area contributed by atoms with Gasteiger partial charge in [-0.15, -0.1) is 0 Å². The average Bonchev–Trinajstić information content (AvgIpc) is 2.36. The molecule has 0 bridgehead atoms. The van der Waals surface area contributed by atoms with E-state index in [-0.39, 0.29) is 12.1 Å². The van der Waals surface area contributed by atoms with Crippen LogP contribution in [-0.4, -0.2) is 26.2 Å². The van der Waals surface area contributed by atoms with Gasteiger partial charge < -0.3 is 4.74 Å². The summed E-state index contributed by atoms with van der Waals surface area (Å²) >= 11 is 0. The molecule has 124 valence electrons. The van der Waals surface area contributed by atoms with Crippen molar-refractivity contribution in [3.63, 3.8) is 0 Å². The molecule has 0 spiro atoms. The second-order valence-electron chi connectivity index (χ2n) is 4.90. The molecule has 0 saturated heterocycles. The van der Waals surface area contributed by atoms with Crippen molar-refractivity contribution >= 4 is 10.0 Å². The van der Waals surface area contributed by atoms with Crippen molar-refractivity contribution in [2.75, 3.05) is 0 Å². The molecule has 1 aliphatic rings. The monoisotopic (exact) mass is 345 g/mol. The van der Waals surface area contributed by atoms with Gasteiger partial charge in [-0.25, -0.2) is 26.3 Å². The van der Waals surface area contributed by atoms with Crippen molar-refractivity contribution in [3.8, 4) is 5.75 Å². The molecule has 0 radical (unpaired) electrons. The first kappa shape index (κ1) is 16.9. The highest BCUT2D eigenvalue weighted by Crippen LogP contribution is 2.41. The zero-order chi connectivity index (χ0) is 16.5. The lowest BCUT2D eigenvalue weighted by Gasteiger charge is -2.34. The summed E-state index contributed by atoms with van der Waals surface area (Å²) in [4.78, 5) is 0. The molecule has 0 aromatic heterocycles. The maximum atomic E-state index is 13.4. The summed E-state index contributed by atoms with van der Waals surface area (Å²) in [5.74, 6) is -4.72. The lowest BCUT2D eigenvalue weighted by molar-refractivity contribution is -0.0688. The molecule has 1 aromatic carbocycles. The molecule has 0 amide bonds. The highest BCUT2D eigenvalue weighted by Gasteiger charge is 2.51. The smallest absolute Gasteiger partial charge is 0.387 e. The molecular formula is C12H12F5NO3S. The molecule has 4 nitrogen and oxygen atoms in total. The van der Waals surface area contributed by atoms with Crippen molar-refractivity contribution in [2.24, 2.45) is 0 Å². The maximum Gasteiger partial charge on any atom is 0.387 e. The zero-order valence-corrected chi connectivity index (χ0v) is 11.8. The maximum absolute atomic E-state index is 13.4. The molecule has 0 aliphatic heterocycles. The third-order valence-corrected chi connectivity index (χ3v) is 4.94. The largest absolute Gasteiger partial charge is 0.432 e. The standard InChI is InChI=1S/C12H12F5NO3S/c13-9-3-7(1-2-10(9)21-11(14)15)6-18-22(19,20)8-4-12(16,17)5-8/h1-3,8,11,18H,4-6H2. The second kappa shape index (κ2) is 5.99. The summed E-state index contributed by atoms with van der Waals surface area (Å²) < 4.78 is 92.1. The van der Waals surface area contributed by atoms with Gasteiger partial charge in [0.25, 0.3) is 5.92 Å². The zero-order valence-electron chi connectivity index (χ0n) is 11.0. The number of hydrogen-bond donors (Lipinski definition) is 1. The summed E-state index contributed by atoms with van der Waals surface area (Å²) in [5, 5.41) is -1.19. The molecule has 0 atom stereocenters. The SMILES string of the molecule is O=S(=O)(NCc1ccc(OC(F)F)c(F)c1)C1CC(F)(F)C1. The van der Waals surface area contributed by atoms with E-state index in [1.165, 1.54) is 6.07 Å². The van der Waals surface area contributed by atoms with Crippen molar-refractivity contribution in [2.45, 2.75) is 37.2 Å². The van der Waals surface area contributed by atoms with Gasteiger partial charge in [-0.2, -0.15) is 8.78 Å². The van der Waals surface area contributed by atoms with Gasteiger partial charge in [0.05, 0.1) is 5.25 Å². The predicted octanol–water partition coefficient (Wildman–Crippen LogP) is 2.64. The number of halogens is 5. The predicted molar refractivity (Wildman–Crippen MR) is 66.8 cm³/mol. The number of benzene rings is 1. The van der Waals surface area contributed by atoms with Gasteiger partial charge in [-0.05, 0) is 17.7 Å². The summed E-state index contributed by atoms with van der Waals surface area (Å²) in [6.45, 7) is -3.52. The first-order valence-corrected chi connectivity index (χ1v) is 7.73. The average molecular weight is 345 g/mol. The molecule has 0 heterocycles. The van der Waals surface area contributed by atoms with Crippen LogP contribution < -0.4 is 9.46 Å². The van der Waals surface area contributed by atoms with E-state index in [9.17, 15) is 30.4 Å².